The number of rotatable bonds is 4. The third-order valence-electron chi connectivity index (χ3n) is 4.66. The van der Waals surface area contributed by atoms with Crippen LogP contribution in [0.5, 0.6) is 0 Å². The summed E-state index contributed by atoms with van der Waals surface area (Å²) in [5.74, 6) is -0.410. The maximum absolute atomic E-state index is 13.8. The third-order valence-corrected chi connectivity index (χ3v) is 6.36. The Morgan fingerprint density at radius 1 is 0.929 bits per heavy atom. The van der Waals surface area contributed by atoms with Crippen molar-refractivity contribution in [1.29, 1.82) is 0 Å². The molecule has 4 nitrogen and oxygen atoms in total. The highest BCUT2D eigenvalue weighted by Gasteiger charge is 2.37. The van der Waals surface area contributed by atoms with Crippen molar-refractivity contribution >= 4 is 15.7 Å². The molecule has 3 aromatic carbocycles. The Labute approximate surface area is 164 Å². The van der Waals surface area contributed by atoms with Crippen LogP contribution in [-0.2, 0) is 10.0 Å². The topological polar surface area (TPSA) is 49.4 Å². The Bertz CT molecular complexity index is 1130. The van der Waals surface area contributed by atoms with E-state index in [1.807, 2.05) is 37.3 Å². The highest BCUT2D eigenvalue weighted by Crippen LogP contribution is 2.35. The predicted molar refractivity (Wildman–Crippen MR) is 107 cm³/mol. The molecule has 0 saturated carbocycles. The Morgan fingerprint density at radius 3 is 2.32 bits per heavy atom. The van der Waals surface area contributed by atoms with Gasteiger partial charge in [-0.05, 0) is 48.4 Å². The molecule has 1 heterocycles. The number of aryl methyl sites for hydroxylation is 1. The Kier molecular flexibility index (Phi) is 4.75. The van der Waals surface area contributed by atoms with Gasteiger partial charge in [-0.3, -0.25) is 0 Å². The van der Waals surface area contributed by atoms with Crippen molar-refractivity contribution in [2.45, 2.75) is 17.9 Å². The van der Waals surface area contributed by atoms with Crippen LogP contribution in [0.3, 0.4) is 0 Å². The second-order valence-electron chi connectivity index (χ2n) is 6.67. The summed E-state index contributed by atoms with van der Waals surface area (Å²) in [5, 5.41) is 0. The molecule has 4 rings (SSSR count). The minimum absolute atomic E-state index is 0.176. The van der Waals surface area contributed by atoms with E-state index in [4.69, 9.17) is 0 Å². The maximum Gasteiger partial charge on any atom is 0.260 e. The lowest BCUT2D eigenvalue weighted by molar-refractivity contribution is 0.347. The number of sulfonamides is 1. The number of hydrogen-bond acceptors (Lipinski definition) is 3. The molecular formula is C22H19FN2O2S. The highest BCUT2D eigenvalue weighted by atomic mass is 32.2. The second-order valence-corrected chi connectivity index (χ2v) is 8.49. The van der Waals surface area contributed by atoms with Crippen LogP contribution in [0.25, 0.3) is 5.70 Å². The van der Waals surface area contributed by atoms with E-state index >= 15 is 0 Å². The molecule has 0 bridgehead atoms. The fraction of sp³-hybridized carbons (Fsp3) is 0.0909. The summed E-state index contributed by atoms with van der Waals surface area (Å²) >= 11 is 0. The van der Waals surface area contributed by atoms with Crippen LogP contribution in [0, 0.1) is 12.7 Å². The van der Waals surface area contributed by atoms with E-state index < -0.39 is 21.9 Å². The first-order valence-corrected chi connectivity index (χ1v) is 10.3. The summed E-state index contributed by atoms with van der Waals surface area (Å²) < 4.78 is 41.7. The van der Waals surface area contributed by atoms with E-state index in [2.05, 4.69) is 5.43 Å². The van der Waals surface area contributed by atoms with Gasteiger partial charge < -0.3 is 5.43 Å². The van der Waals surface area contributed by atoms with Crippen molar-refractivity contribution in [2.75, 3.05) is 0 Å². The molecule has 1 aliphatic rings. The summed E-state index contributed by atoms with van der Waals surface area (Å²) in [6.07, 6.45) is 1.80. The number of hydrogen-bond donors (Lipinski definition) is 1. The molecule has 0 saturated heterocycles. The molecule has 1 atom stereocenters. The fourth-order valence-corrected chi connectivity index (χ4v) is 4.59. The largest absolute Gasteiger partial charge is 0.304 e. The van der Waals surface area contributed by atoms with E-state index in [-0.39, 0.29) is 4.90 Å². The Morgan fingerprint density at radius 2 is 1.64 bits per heavy atom. The van der Waals surface area contributed by atoms with E-state index in [9.17, 15) is 12.8 Å². The minimum atomic E-state index is -3.86. The SMILES string of the molecule is Cc1ccc(S(=O)(=O)N2NC(c3ccccc3)=C[C@H]2c2cccc(F)c2)cc1. The van der Waals surface area contributed by atoms with Crippen LogP contribution >= 0.6 is 0 Å². The lowest BCUT2D eigenvalue weighted by Crippen LogP contribution is -2.39. The van der Waals surface area contributed by atoms with Gasteiger partial charge in [0.15, 0.2) is 0 Å². The number of nitrogens with one attached hydrogen (secondary N) is 1. The van der Waals surface area contributed by atoms with Crippen LogP contribution in [0.4, 0.5) is 4.39 Å². The lowest BCUT2D eigenvalue weighted by Gasteiger charge is -2.25. The predicted octanol–water partition coefficient (Wildman–Crippen LogP) is 4.43. The molecule has 142 valence electrons. The molecule has 6 heteroatoms. The van der Waals surface area contributed by atoms with Crippen molar-refractivity contribution in [2.24, 2.45) is 0 Å². The van der Waals surface area contributed by atoms with Crippen molar-refractivity contribution in [3.63, 3.8) is 0 Å². The highest BCUT2D eigenvalue weighted by molar-refractivity contribution is 7.89. The normalized spacial score (nSPS) is 17.2. The molecule has 0 radical (unpaired) electrons. The van der Waals surface area contributed by atoms with E-state index in [0.717, 1.165) is 11.1 Å². The van der Waals surface area contributed by atoms with Gasteiger partial charge in [0.2, 0.25) is 0 Å². The molecular weight excluding hydrogens is 375 g/mol. The van der Waals surface area contributed by atoms with E-state index in [0.29, 0.717) is 11.3 Å². The maximum atomic E-state index is 13.8. The molecule has 3 aromatic rings. The van der Waals surface area contributed by atoms with Crippen LogP contribution in [-0.4, -0.2) is 12.8 Å². The van der Waals surface area contributed by atoms with Crippen molar-refractivity contribution in [1.82, 2.24) is 9.84 Å². The molecule has 28 heavy (non-hydrogen) atoms. The monoisotopic (exact) mass is 394 g/mol. The van der Waals surface area contributed by atoms with E-state index in [1.54, 1.807) is 42.5 Å². The minimum Gasteiger partial charge on any atom is -0.304 e. The summed E-state index contributed by atoms with van der Waals surface area (Å²) in [5.41, 5.74) is 6.04. The molecule has 0 spiro atoms. The number of hydrazine groups is 1. The van der Waals surface area contributed by atoms with Crippen molar-refractivity contribution in [3.8, 4) is 0 Å². The molecule has 0 fully saturated rings. The summed E-state index contributed by atoms with van der Waals surface area (Å²) in [6, 6.07) is 21.4. The quantitative estimate of drug-likeness (QED) is 0.712. The average molecular weight is 394 g/mol. The standard InChI is InChI=1S/C22H19FN2O2S/c1-16-10-12-20(13-11-16)28(26,27)25-22(18-8-5-9-19(23)14-18)15-21(24-25)17-6-3-2-4-7-17/h2-15,22,24H,1H3/t22-/m0/s1. The van der Waals surface area contributed by atoms with Crippen molar-refractivity contribution in [3.05, 3.63) is 107 Å². The van der Waals surface area contributed by atoms with Gasteiger partial charge in [0.05, 0.1) is 16.6 Å². The van der Waals surface area contributed by atoms with Crippen LogP contribution in [0.1, 0.15) is 22.7 Å². The zero-order valence-electron chi connectivity index (χ0n) is 15.2. The molecule has 0 amide bonds. The van der Waals surface area contributed by atoms with Gasteiger partial charge in [0.25, 0.3) is 10.0 Å². The summed E-state index contributed by atoms with van der Waals surface area (Å²) in [7, 11) is -3.86. The van der Waals surface area contributed by atoms with Crippen molar-refractivity contribution < 1.29 is 12.8 Å². The van der Waals surface area contributed by atoms with Crippen LogP contribution in [0.15, 0.2) is 89.8 Å². The zero-order valence-corrected chi connectivity index (χ0v) is 16.0. The number of nitrogens with zero attached hydrogens (tertiary/aromatic N) is 1. The molecule has 0 aliphatic carbocycles. The van der Waals surface area contributed by atoms with E-state index in [1.165, 1.54) is 16.5 Å². The Balaban J connectivity index is 1.80. The molecule has 1 aliphatic heterocycles. The fourth-order valence-electron chi connectivity index (χ4n) is 3.19. The van der Waals surface area contributed by atoms with Crippen LogP contribution in [0.2, 0.25) is 0 Å². The third kappa shape index (κ3) is 3.44. The summed E-state index contributed by atoms with van der Waals surface area (Å²) in [6.45, 7) is 1.90. The lowest BCUT2D eigenvalue weighted by atomic mass is 10.1. The first-order chi connectivity index (χ1) is 13.4. The Hall–Kier alpha value is -2.96. The van der Waals surface area contributed by atoms with Gasteiger partial charge in [-0.25, -0.2) is 12.8 Å². The first-order valence-electron chi connectivity index (χ1n) is 8.85. The number of halogens is 1. The number of benzene rings is 3. The molecule has 0 unspecified atom stereocenters. The van der Waals surface area contributed by atoms with Gasteiger partial charge >= 0.3 is 0 Å². The smallest absolute Gasteiger partial charge is 0.260 e. The molecule has 1 N–H and O–H groups in total. The first kappa shape index (κ1) is 18.4. The van der Waals surface area contributed by atoms with Gasteiger partial charge in [0.1, 0.15) is 5.82 Å². The average Bonchev–Trinajstić information content (AvgIpc) is 3.15. The molecule has 0 aromatic heterocycles. The summed E-state index contributed by atoms with van der Waals surface area (Å²) in [4.78, 5) is 0.176. The van der Waals surface area contributed by atoms with Crippen LogP contribution < -0.4 is 5.43 Å². The van der Waals surface area contributed by atoms with Gasteiger partial charge in [0, 0.05) is 0 Å². The van der Waals surface area contributed by atoms with Gasteiger partial charge in [-0.2, -0.15) is 0 Å². The second kappa shape index (κ2) is 7.22. The van der Waals surface area contributed by atoms with Gasteiger partial charge in [-0.15, -0.1) is 4.41 Å². The zero-order chi connectivity index (χ0) is 19.7. The van der Waals surface area contributed by atoms with Gasteiger partial charge in [-0.1, -0.05) is 60.2 Å².